The zero-order valence-corrected chi connectivity index (χ0v) is 12.6. The van der Waals surface area contributed by atoms with Crippen LogP contribution in [0.25, 0.3) is 0 Å². The molecular weight excluding hydrogens is 500 g/mol. The van der Waals surface area contributed by atoms with E-state index in [1.54, 1.807) is 0 Å². The van der Waals surface area contributed by atoms with Gasteiger partial charge in [0.2, 0.25) is 16.2 Å². The lowest BCUT2D eigenvalue weighted by Crippen LogP contribution is -2.99. The van der Waals surface area contributed by atoms with Gasteiger partial charge in [0.15, 0.2) is 0 Å². The molecule has 20 heteroatoms. The summed E-state index contributed by atoms with van der Waals surface area (Å²) >= 11 is 0. The summed E-state index contributed by atoms with van der Waals surface area (Å²) < 4.78 is 261. The quantitative estimate of drug-likeness (QED) is 0.316. The average molecular weight is 500 g/mol. The summed E-state index contributed by atoms with van der Waals surface area (Å²) in [6, 6.07) is 0. The van der Waals surface area contributed by atoms with Crippen molar-refractivity contribution in [3.63, 3.8) is 0 Å². The maximum atomic E-state index is 13.8. The molecule has 30 heavy (non-hydrogen) atoms. The molecule has 0 unspecified atom stereocenters. The highest BCUT2D eigenvalue weighted by Crippen LogP contribution is 2.95. The van der Waals surface area contributed by atoms with E-state index < -0.39 is 59.2 Å². The summed E-state index contributed by atoms with van der Waals surface area (Å²) in [6.07, 6.45) is -52.4. The lowest BCUT2D eigenvalue weighted by atomic mass is 9.31. The maximum Gasteiger partial charge on any atom is 0.410 e. The third-order valence-electron chi connectivity index (χ3n) is 4.62. The first-order chi connectivity index (χ1) is 12.5. The zero-order chi connectivity index (χ0) is 25.0. The van der Waals surface area contributed by atoms with Crippen molar-refractivity contribution in [1.82, 2.24) is 0 Å². The van der Waals surface area contributed by atoms with Crippen LogP contribution in [0.1, 0.15) is 0 Å². The highest BCUT2D eigenvalue weighted by Gasteiger charge is 3.21. The van der Waals surface area contributed by atoms with Crippen LogP contribution in [-0.2, 0) is 0 Å². The van der Waals surface area contributed by atoms with Gasteiger partial charge < -0.3 is 0 Å². The molecule has 0 saturated heterocycles. The van der Waals surface area contributed by atoms with Gasteiger partial charge in [0, 0.05) is 0 Å². The van der Waals surface area contributed by atoms with E-state index in [2.05, 4.69) is 0 Å². The molecule has 1 aliphatic rings. The first kappa shape index (κ1) is 26.6. The highest BCUT2D eigenvalue weighted by molar-refractivity contribution is 5.41. The average Bonchev–Trinajstić information content (AvgIpc) is 2.24. The Morgan fingerprint density at radius 2 is 0.400 bits per heavy atom. The molecule has 0 bridgehead atoms. The topological polar surface area (TPSA) is 0 Å². The van der Waals surface area contributed by atoms with Crippen LogP contribution < -0.4 is 0 Å². The first-order valence-corrected chi connectivity index (χ1v) is 6.28. The van der Waals surface area contributed by atoms with Crippen molar-refractivity contribution in [1.29, 1.82) is 0 Å². The van der Waals surface area contributed by atoms with E-state index in [0.717, 1.165) is 0 Å². The van der Waals surface area contributed by atoms with Crippen LogP contribution in [0, 0.1) is 16.2 Å². The minimum Gasteiger partial charge on any atom is -0.204 e. The SMILES string of the molecule is FC(F)(F)C1(C(F)(F)F)C(F)(F)C(C(F)(F)F)(C(F)(F)F)C1(C(F)(F)F)C(F)(F)F. The summed E-state index contributed by atoms with van der Waals surface area (Å²) in [5.74, 6) is -8.81. The third kappa shape index (κ3) is 2.22. The number of hydrogen-bond acceptors (Lipinski definition) is 0. The molecular formula is C10F20. The van der Waals surface area contributed by atoms with E-state index in [1.165, 1.54) is 0 Å². The lowest BCUT2D eigenvalue weighted by Gasteiger charge is -2.72. The Balaban J connectivity index is 4.75. The second-order valence-electron chi connectivity index (χ2n) is 5.81. The molecule has 0 amide bonds. The van der Waals surface area contributed by atoms with Crippen molar-refractivity contribution in [3.05, 3.63) is 0 Å². The van der Waals surface area contributed by atoms with E-state index in [1.807, 2.05) is 0 Å². The van der Waals surface area contributed by atoms with E-state index in [9.17, 15) is 87.8 Å². The van der Waals surface area contributed by atoms with Gasteiger partial charge >= 0.3 is 37.1 Å². The molecule has 0 aliphatic heterocycles. The summed E-state index contributed by atoms with van der Waals surface area (Å²) in [6.45, 7) is 0. The van der Waals surface area contributed by atoms with Crippen molar-refractivity contribution in [2.45, 2.75) is 43.0 Å². The van der Waals surface area contributed by atoms with Gasteiger partial charge in [-0.1, -0.05) is 0 Å². The van der Waals surface area contributed by atoms with Gasteiger partial charge in [0.1, 0.15) is 0 Å². The predicted molar refractivity (Wildman–Crippen MR) is 48.6 cm³/mol. The monoisotopic (exact) mass is 500 g/mol. The molecule has 0 aromatic rings. The molecule has 1 saturated carbocycles. The van der Waals surface area contributed by atoms with Crippen molar-refractivity contribution < 1.29 is 87.8 Å². The van der Waals surface area contributed by atoms with Crippen molar-refractivity contribution >= 4 is 0 Å². The fraction of sp³-hybridized carbons (Fsp3) is 1.00. The summed E-state index contributed by atoms with van der Waals surface area (Å²) in [4.78, 5) is 0. The molecule has 0 aromatic heterocycles. The Morgan fingerprint density at radius 3 is 0.500 bits per heavy atom. The molecule has 180 valence electrons. The molecule has 0 atom stereocenters. The van der Waals surface area contributed by atoms with Crippen molar-refractivity contribution in [3.8, 4) is 0 Å². The van der Waals surface area contributed by atoms with Crippen LogP contribution in [0.15, 0.2) is 0 Å². The van der Waals surface area contributed by atoms with Gasteiger partial charge in [0.25, 0.3) is 5.92 Å². The normalized spacial score (nSPS) is 24.4. The fourth-order valence-corrected chi connectivity index (χ4v) is 3.87. The standard InChI is InChI=1S/C10F20/c11-4(12)2(7(19,20)21,8(22,23)24)1(5(13,14)15,6(16,17)18)3(4,9(25,26)27)10(28,29)30. The molecule has 0 spiro atoms. The molecule has 1 aliphatic carbocycles. The highest BCUT2D eigenvalue weighted by atomic mass is 19.4. The van der Waals surface area contributed by atoms with E-state index in [4.69, 9.17) is 0 Å². The molecule has 0 nitrogen and oxygen atoms in total. The molecule has 0 radical (unpaired) electrons. The van der Waals surface area contributed by atoms with Gasteiger partial charge in [0.05, 0.1) is 0 Å². The molecule has 0 aromatic carbocycles. The van der Waals surface area contributed by atoms with Gasteiger partial charge in [-0.15, -0.1) is 0 Å². The Morgan fingerprint density at radius 1 is 0.267 bits per heavy atom. The second kappa shape index (κ2) is 5.69. The first-order valence-electron chi connectivity index (χ1n) is 6.28. The Kier molecular flexibility index (Phi) is 5.05. The smallest absolute Gasteiger partial charge is 0.204 e. The lowest BCUT2D eigenvalue weighted by molar-refractivity contribution is -0.662. The minimum atomic E-state index is -9.16. The van der Waals surface area contributed by atoms with Crippen molar-refractivity contribution in [2.75, 3.05) is 0 Å². The Bertz CT molecular complexity index is 583. The molecule has 0 N–H and O–H groups in total. The van der Waals surface area contributed by atoms with E-state index >= 15 is 0 Å². The fourth-order valence-electron chi connectivity index (χ4n) is 3.87. The molecule has 1 rings (SSSR count). The van der Waals surface area contributed by atoms with Crippen LogP contribution >= 0.6 is 0 Å². The van der Waals surface area contributed by atoms with Crippen LogP contribution in [0.5, 0.6) is 0 Å². The van der Waals surface area contributed by atoms with Gasteiger partial charge in [-0.2, -0.15) is 79.0 Å². The zero-order valence-electron chi connectivity index (χ0n) is 12.6. The minimum absolute atomic E-state index is 8.67. The van der Waals surface area contributed by atoms with Crippen LogP contribution in [0.3, 0.4) is 0 Å². The van der Waals surface area contributed by atoms with Gasteiger partial charge in [-0.05, 0) is 0 Å². The molecule has 1 fully saturated rings. The second-order valence-corrected chi connectivity index (χ2v) is 5.81. The van der Waals surface area contributed by atoms with Gasteiger partial charge in [-0.3, -0.25) is 0 Å². The van der Waals surface area contributed by atoms with E-state index in [-0.39, 0.29) is 0 Å². The van der Waals surface area contributed by atoms with Crippen LogP contribution in [-0.4, -0.2) is 43.0 Å². The summed E-state index contributed by atoms with van der Waals surface area (Å²) in [7, 11) is 0. The number of alkyl halides is 20. The number of rotatable bonds is 0. The summed E-state index contributed by atoms with van der Waals surface area (Å²) in [5.41, 5.74) is -27.0. The molecule has 0 heterocycles. The van der Waals surface area contributed by atoms with Crippen LogP contribution in [0.2, 0.25) is 0 Å². The summed E-state index contributed by atoms with van der Waals surface area (Å²) in [5, 5.41) is 0. The maximum absolute atomic E-state index is 13.8. The number of hydrogen-bond donors (Lipinski definition) is 0. The van der Waals surface area contributed by atoms with Gasteiger partial charge in [-0.25, -0.2) is 8.78 Å². The van der Waals surface area contributed by atoms with E-state index in [0.29, 0.717) is 0 Å². The van der Waals surface area contributed by atoms with Crippen LogP contribution in [0.4, 0.5) is 87.8 Å². The third-order valence-corrected chi connectivity index (χ3v) is 4.62. The predicted octanol–water partition coefficient (Wildman–Crippen LogP) is 6.97. The Labute approximate surface area is 148 Å². The largest absolute Gasteiger partial charge is 0.410 e. The number of halogens is 20. The van der Waals surface area contributed by atoms with Crippen molar-refractivity contribution in [2.24, 2.45) is 16.2 Å². The Hall–Kier alpha value is -1.40.